The van der Waals surface area contributed by atoms with Gasteiger partial charge in [-0.1, -0.05) is 111 Å². The van der Waals surface area contributed by atoms with E-state index >= 15 is 0 Å². The van der Waals surface area contributed by atoms with Crippen molar-refractivity contribution in [3.8, 4) is 0 Å². The summed E-state index contributed by atoms with van der Waals surface area (Å²) in [4.78, 5) is 9.17. The molecule has 150 valence electrons. The van der Waals surface area contributed by atoms with Crippen molar-refractivity contribution in [3.63, 3.8) is 0 Å². The molecule has 0 N–H and O–H groups in total. The predicted molar refractivity (Wildman–Crippen MR) is 123 cm³/mol. The van der Waals surface area contributed by atoms with E-state index < -0.39 is 0 Å². The third-order valence-electron chi connectivity index (χ3n) is 2.89. The molecule has 0 heterocycles. The summed E-state index contributed by atoms with van der Waals surface area (Å²) in [5.41, 5.74) is 1.32. The van der Waals surface area contributed by atoms with Gasteiger partial charge < -0.3 is 4.79 Å². The van der Waals surface area contributed by atoms with Crippen LogP contribution in [0.1, 0.15) is 93.6 Å². The van der Waals surface area contributed by atoms with Crippen molar-refractivity contribution in [3.05, 3.63) is 29.8 Å². The average Bonchev–Trinajstić information content (AvgIpc) is 2.57. The van der Waals surface area contributed by atoms with Gasteiger partial charge >= 0.3 is 0 Å². The lowest BCUT2D eigenvalue weighted by atomic mass is 10.1. The maximum atomic E-state index is 9.17. The largest absolute Gasteiger partial charge is 0.303 e. The average molecular weight is 371 g/mol. The van der Waals surface area contributed by atoms with Crippen molar-refractivity contribution >= 4 is 20.8 Å². The van der Waals surface area contributed by atoms with E-state index in [1.807, 2.05) is 20.8 Å². The minimum Gasteiger partial charge on any atom is -0.303 e. The summed E-state index contributed by atoms with van der Waals surface area (Å²) in [6.45, 7) is 21.3. The molecular weight excluding hydrogens is 323 g/mol. The van der Waals surface area contributed by atoms with Gasteiger partial charge in [0.05, 0.1) is 0 Å². The summed E-state index contributed by atoms with van der Waals surface area (Å²) in [5, 5.41) is 1.25. The van der Waals surface area contributed by atoms with Crippen LogP contribution in [-0.2, 0) is 4.79 Å². The van der Waals surface area contributed by atoms with Crippen molar-refractivity contribution < 1.29 is 4.79 Å². The molecular formula is C23H47OP. The molecule has 0 saturated carbocycles. The quantitative estimate of drug-likeness (QED) is 0.393. The van der Waals surface area contributed by atoms with Crippen molar-refractivity contribution in [1.82, 2.24) is 0 Å². The highest BCUT2D eigenvalue weighted by Crippen LogP contribution is 2.00. The summed E-state index contributed by atoms with van der Waals surface area (Å²) < 4.78 is 0. The number of aldehydes is 1. The molecule has 1 rings (SSSR count). The van der Waals surface area contributed by atoms with Crippen LogP contribution >= 0.6 is 9.24 Å². The van der Waals surface area contributed by atoms with Gasteiger partial charge in [0, 0.05) is 6.42 Å². The molecule has 1 aromatic carbocycles. The molecule has 0 aromatic heterocycles. The lowest BCUT2D eigenvalue weighted by Gasteiger charge is -1.95. The standard InChI is InChI=1S/C7H9P.C6H14.C5H12.C3H6O.C2H6/c1-6-3-2-4-7(8)5-6;1-4-5-6(2)3;1-4-5(2)3;1-2-3-4;1-2/h2-5H,8H2,1H3;6H,4-5H2,1-3H3;5H,4H2,1-3H3;3H,2H2,1H3;1-2H3. The van der Waals surface area contributed by atoms with E-state index in [0.29, 0.717) is 6.42 Å². The lowest BCUT2D eigenvalue weighted by molar-refractivity contribution is -0.107. The van der Waals surface area contributed by atoms with Crippen molar-refractivity contribution in [1.29, 1.82) is 0 Å². The summed E-state index contributed by atoms with van der Waals surface area (Å²) in [7, 11) is 2.66. The van der Waals surface area contributed by atoms with Crippen molar-refractivity contribution in [2.75, 3.05) is 0 Å². The highest BCUT2D eigenvalue weighted by atomic mass is 31.0. The molecule has 0 aliphatic rings. The van der Waals surface area contributed by atoms with Crippen LogP contribution in [0.25, 0.3) is 0 Å². The number of hydrogen-bond donors (Lipinski definition) is 0. The monoisotopic (exact) mass is 370 g/mol. The predicted octanol–water partition coefficient (Wildman–Crippen LogP) is 7.61. The molecule has 1 nitrogen and oxygen atoms in total. The second kappa shape index (κ2) is 28.1. The fourth-order valence-corrected chi connectivity index (χ4v) is 1.62. The minimum absolute atomic E-state index is 0.639. The Morgan fingerprint density at radius 2 is 1.44 bits per heavy atom. The van der Waals surface area contributed by atoms with Gasteiger partial charge in [0.1, 0.15) is 6.29 Å². The summed E-state index contributed by atoms with van der Waals surface area (Å²) >= 11 is 0. The summed E-state index contributed by atoms with van der Waals surface area (Å²) in [5.74, 6) is 1.78. The first-order valence-corrected chi connectivity index (χ1v) is 10.6. The molecule has 1 unspecified atom stereocenters. The zero-order chi connectivity index (χ0) is 20.7. The van der Waals surface area contributed by atoms with E-state index in [-0.39, 0.29) is 0 Å². The molecule has 2 heteroatoms. The maximum Gasteiger partial charge on any atom is 0.119 e. The normalized spacial score (nSPS) is 8.52. The molecule has 25 heavy (non-hydrogen) atoms. The smallest absolute Gasteiger partial charge is 0.119 e. The third-order valence-corrected chi connectivity index (χ3v) is 3.25. The van der Waals surface area contributed by atoms with Crippen molar-refractivity contribution in [2.24, 2.45) is 11.8 Å². The highest BCUT2D eigenvalue weighted by Gasteiger charge is 1.85. The Morgan fingerprint density at radius 1 is 1.00 bits per heavy atom. The fraction of sp³-hybridized carbons (Fsp3) is 0.696. The highest BCUT2D eigenvalue weighted by molar-refractivity contribution is 7.27. The molecule has 0 radical (unpaired) electrons. The van der Waals surface area contributed by atoms with E-state index in [2.05, 4.69) is 82.0 Å². The number of benzene rings is 1. The molecule has 0 aliphatic carbocycles. The lowest BCUT2D eigenvalue weighted by Crippen LogP contribution is -1.87. The Morgan fingerprint density at radius 3 is 1.56 bits per heavy atom. The van der Waals surface area contributed by atoms with Gasteiger partial charge in [-0.3, -0.25) is 0 Å². The van der Waals surface area contributed by atoms with Gasteiger partial charge in [0.15, 0.2) is 0 Å². The SMILES string of the molecule is CC.CCC(C)C.CCC=O.CCCC(C)C.Cc1cccc(P)c1. The second-order valence-corrected chi connectivity index (χ2v) is 7.14. The van der Waals surface area contributed by atoms with Crippen LogP contribution in [0.3, 0.4) is 0 Å². The van der Waals surface area contributed by atoms with E-state index in [9.17, 15) is 4.79 Å². The van der Waals surface area contributed by atoms with Gasteiger partial charge in [-0.15, -0.1) is 9.24 Å². The molecule has 1 aromatic rings. The van der Waals surface area contributed by atoms with Crippen molar-refractivity contribution in [2.45, 2.75) is 94.9 Å². The van der Waals surface area contributed by atoms with E-state index in [4.69, 9.17) is 0 Å². The summed E-state index contributed by atoms with van der Waals surface area (Å²) in [6.07, 6.45) is 5.53. The number of aryl methyl sites for hydroxylation is 1. The van der Waals surface area contributed by atoms with Gasteiger partial charge in [-0.25, -0.2) is 0 Å². The van der Waals surface area contributed by atoms with Gasteiger partial charge in [-0.2, -0.15) is 0 Å². The third kappa shape index (κ3) is 45.2. The van der Waals surface area contributed by atoms with Crippen LogP contribution in [0, 0.1) is 18.8 Å². The fourth-order valence-electron chi connectivity index (χ4n) is 1.25. The Bertz CT molecular complexity index is 328. The molecule has 0 fully saturated rings. The van der Waals surface area contributed by atoms with Crippen LogP contribution in [-0.4, -0.2) is 6.29 Å². The van der Waals surface area contributed by atoms with E-state index in [0.717, 1.165) is 18.1 Å². The molecule has 1 atom stereocenters. The second-order valence-electron chi connectivity index (χ2n) is 6.47. The first-order valence-electron chi connectivity index (χ1n) is 10.0. The molecule has 0 spiro atoms. The maximum absolute atomic E-state index is 9.17. The molecule has 0 aliphatic heterocycles. The van der Waals surface area contributed by atoms with Crippen LogP contribution in [0.15, 0.2) is 24.3 Å². The van der Waals surface area contributed by atoms with Gasteiger partial charge in [-0.05, 0) is 24.1 Å². The van der Waals surface area contributed by atoms with E-state index in [1.54, 1.807) is 0 Å². The molecule has 0 bridgehead atoms. The number of carbonyl (C=O) groups excluding carboxylic acids is 1. The Hall–Kier alpha value is -0.680. The zero-order valence-electron chi connectivity index (χ0n) is 18.9. The van der Waals surface area contributed by atoms with Crippen LogP contribution in [0.4, 0.5) is 0 Å². The Labute approximate surface area is 162 Å². The number of carbonyl (C=O) groups is 1. The van der Waals surface area contributed by atoms with Gasteiger partial charge in [0.25, 0.3) is 0 Å². The molecule has 0 saturated heterocycles. The minimum atomic E-state index is 0.639. The van der Waals surface area contributed by atoms with Crippen LogP contribution in [0.5, 0.6) is 0 Å². The zero-order valence-corrected chi connectivity index (χ0v) is 20.0. The number of rotatable bonds is 4. The first kappa shape index (κ1) is 32.0. The Kier molecular flexibility index (Phi) is 36.0. The first-order chi connectivity index (χ1) is 11.7. The topological polar surface area (TPSA) is 17.1 Å². The van der Waals surface area contributed by atoms with Crippen LogP contribution < -0.4 is 5.30 Å². The Balaban J connectivity index is -0.000000118. The molecule has 0 amide bonds. The summed E-state index contributed by atoms with van der Waals surface area (Å²) in [6, 6.07) is 8.34. The van der Waals surface area contributed by atoms with E-state index in [1.165, 1.54) is 30.1 Å². The number of hydrogen-bond acceptors (Lipinski definition) is 1. The van der Waals surface area contributed by atoms with Gasteiger partial charge in [0.2, 0.25) is 0 Å². The van der Waals surface area contributed by atoms with Crippen LogP contribution in [0.2, 0.25) is 0 Å².